The summed E-state index contributed by atoms with van der Waals surface area (Å²) in [4.78, 5) is 22.7. The molecule has 1 unspecified atom stereocenters. The van der Waals surface area contributed by atoms with Gasteiger partial charge in [0.25, 0.3) is 5.24 Å². The highest BCUT2D eigenvalue weighted by Crippen LogP contribution is 2.19. The molecule has 0 aromatic heterocycles. The molecule has 0 fully saturated rings. The molecule has 1 atom stereocenters. The summed E-state index contributed by atoms with van der Waals surface area (Å²) >= 11 is 0.837. The third-order valence-corrected chi connectivity index (χ3v) is 3.34. The first kappa shape index (κ1) is 14.4. The van der Waals surface area contributed by atoms with Gasteiger partial charge in [-0.1, -0.05) is 18.7 Å². The number of nitrogens with two attached hydrogens (primary N) is 1. The maximum atomic E-state index is 11.9. The highest BCUT2D eigenvalue weighted by Gasteiger charge is 2.19. The molecular formula is C12H16N2O3S. The van der Waals surface area contributed by atoms with Gasteiger partial charge in [-0.2, -0.15) is 0 Å². The second-order valence-corrected chi connectivity index (χ2v) is 4.76. The number of nitrogens with one attached hydrogen (secondary N) is 1. The van der Waals surface area contributed by atoms with Crippen LogP contribution in [0.3, 0.4) is 0 Å². The molecule has 0 aliphatic heterocycles. The molecule has 5 nitrogen and oxygen atoms in total. The number of carbonyl (C=O) groups is 2. The maximum Gasteiger partial charge on any atom is 0.277 e. The average Bonchev–Trinajstić information content (AvgIpc) is 2.36. The van der Waals surface area contributed by atoms with Crippen LogP contribution in [-0.2, 0) is 4.79 Å². The van der Waals surface area contributed by atoms with E-state index in [0.29, 0.717) is 17.9 Å². The Morgan fingerprint density at radius 2 is 2.00 bits per heavy atom. The SMILES string of the molecule is CCC(SC(N)=O)C(=O)Nc1ccc(OC)cc1. The molecule has 0 aliphatic carbocycles. The van der Waals surface area contributed by atoms with Crippen molar-refractivity contribution >= 4 is 28.6 Å². The van der Waals surface area contributed by atoms with Crippen molar-refractivity contribution in [1.29, 1.82) is 0 Å². The minimum absolute atomic E-state index is 0.230. The third kappa shape index (κ3) is 4.29. The molecule has 0 spiro atoms. The number of rotatable bonds is 5. The van der Waals surface area contributed by atoms with Crippen LogP contribution in [0.15, 0.2) is 24.3 Å². The van der Waals surface area contributed by atoms with Crippen molar-refractivity contribution in [2.24, 2.45) is 5.73 Å². The number of carbonyl (C=O) groups excluding carboxylic acids is 2. The molecule has 2 amide bonds. The molecule has 98 valence electrons. The molecule has 6 heteroatoms. The Labute approximate surface area is 110 Å². The van der Waals surface area contributed by atoms with Crippen LogP contribution in [0.25, 0.3) is 0 Å². The lowest BCUT2D eigenvalue weighted by Crippen LogP contribution is -2.27. The fraction of sp³-hybridized carbons (Fsp3) is 0.333. The second kappa shape index (κ2) is 6.90. The molecule has 0 bridgehead atoms. The van der Waals surface area contributed by atoms with Crippen LogP contribution in [0.5, 0.6) is 5.75 Å². The zero-order chi connectivity index (χ0) is 13.5. The van der Waals surface area contributed by atoms with Gasteiger partial charge in [-0.05, 0) is 30.7 Å². The van der Waals surface area contributed by atoms with Gasteiger partial charge in [0.15, 0.2) is 0 Å². The first-order chi connectivity index (χ1) is 8.56. The van der Waals surface area contributed by atoms with Crippen molar-refractivity contribution in [3.8, 4) is 5.75 Å². The Morgan fingerprint density at radius 3 is 2.44 bits per heavy atom. The predicted octanol–water partition coefficient (Wildman–Crippen LogP) is 2.22. The molecule has 18 heavy (non-hydrogen) atoms. The summed E-state index contributed by atoms with van der Waals surface area (Å²) in [5.74, 6) is 0.484. The van der Waals surface area contributed by atoms with E-state index in [-0.39, 0.29) is 5.91 Å². The van der Waals surface area contributed by atoms with Gasteiger partial charge < -0.3 is 15.8 Å². The van der Waals surface area contributed by atoms with E-state index in [9.17, 15) is 9.59 Å². The van der Waals surface area contributed by atoms with Gasteiger partial charge >= 0.3 is 0 Å². The van der Waals surface area contributed by atoms with E-state index < -0.39 is 10.5 Å². The highest BCUT2D eigenvalue weighted by molar-refractivity contribution is 8.14. The van der Waals surface area contributed by atoms with Gasteiger partial charge in [0.05, 0.1) is 12.4 Å². The monoisotopic (exact) mass is 268 g/mol. The van der Waals surface area contributed by atoms with Crippen molar-refractivity contribution in [2.45, 2.75) is 18.6 Å². The van der Waals surface area contributed by atoms with E-state index in [0.717, 1.165) is 11.8 Å². The molecule has 1 aromatic carbocycles. The summed E-state index contributed by atoms with van der Waals surface area (Å²) in [6, 6.07) is 6.96. The number of hydrogen-bond donors (Lipinski definition) is 2. The molecule has 0 radical (unpaired) electrons. The van der Waals surface area contributed by atoms with E-state index in [1.54, 1.807) is 31.4 Å². The van der Waals surface area contributed by atoms with Gasteiger partial charge in [0.2, 0.25) is 5.91 Å². The Bertz CT molecular complexity index is 420. The standard InChI is InChI=1S/C12H16N2O3S/c1-3-10(18-12(13)16)11(15)14-8-4-6-9(17-2)7-5-8/h4-7,10H,3H2,1-2H3,(H2,13,16)(H,14,15). The Kier molecular flexibility index (Phi) is 5.51. The van der Waals surface area contributed by atoms with E-state index in [4.69, 9.17) is 10.5 Å². The Balaban J connectivity index is 2.64. The number of hydrogen-bond acceptors (Lipinski definition) is 4. The average molecular weight is 268 g/mol. The quantitative estimate of drug-likeness (QED) is 0.858. The first-order valence-electron chi connectivity index (χ1n) is 5.47. The van der Waals surface area contributed by atoms with Crippen LogP contribution in [-0.4, -0.2) is 23.5 Å². The summed E-state index contributed by atoms with van der Waals surface area (Å²) in [5.41, 5.74) is 5.72. The van der Waals surface area contributed by atoms with Crippen LogP contribution < -0.4 is 15.8 Å². The number of anilines is 1. The van der Waals surface area contributed by atoms with E-state index in [1.807, 2.05) is 6.92 Å². The van der Waals surface area contributed by atoms with Gasteiger partial charge in [-0.15, -0.1) is 0 Å². The predicted molar refractivity (Wildman–Crippen MR) is 72.9 cm³/mol. The van der Waals surface area contributed by atoms with Gasteiger partial charge in [-0.25, -0.2) is 0 Å². The van der Waals surface area contributed by atoms with E-state index in [2.05, 4.69) is 5.32 Å². The second-order valence-electron chi connectivity index (χ2n) is 3.55. The normalized spacial score (nSPS) is 11.7. The minimum Gasteiger partial charge on any atom is -0.497 e. The molecule has 0 aliphatic rings. The van der Waals surface area contributed by atoms with E-state index >= 15 is 0 Å². The fourth-order valence-electron chi connectivity index (χ4n) is 1.36. The van der Waals surface area contributed by atoms with Gasteiger partial charge in [0, 0.05) is 5.69 Å². The number of methoxy groups -OCH3 is 1. The zero-order valence-electron chi connectivity index (χ0n) is 10.3. The topological polar surface area (TPSA) is 81.4 Å². The van der Waals surface area contributed by atoms with Crippen molar-refractivity contribution < 1.29 is 14.3 Å². The van der Waals surface area contributed by atoms with Crippen molar-refractivity contribution in [3.63, 3.8) is 0 Å². The lowest BCUT2D eigenvalue weighted by Gasteiger charge is -2.12. The van der Waals surface area contributed by atoms with Gasteiger partial charge in [-0.3, -0.25) is 9.59 Å². The highest BCUT2D eigenvalue weighted by atomic mass is 32.2. The Morgan fingerprint density at radius 1 is 1.39 bits per heavy atom. The first-order valence-corrected chi connectivity index (χ1v) is 6.35. The van der Waals surface area contributed by atoms with Crippen molar-refractivity contribution in [1.82, 2.24) is 0 Å². The van der Waals surface area contributed by atoms with E-state index in [1.165, 1.54) is 0 Å². The largest absolute Gasteiger partial charge is 0.497 e. The molecule has 3 N–H and O–H groups in total. The molecule has 0 heterocycles. The van der Waals surface area contributed by atoms with Crippen LogP contribution in [0.2, 0.25) is 0 Å². The van der Waals surface area contributed by atoms with Crippen LogP contribution in [0.4, 0.5) is 10.5 Å². The molecule has 0 saturated carbocycles. The van der Waals surface area contributed by atoms with Crippen LogP contribution in [0, 0.1) is 0 Å². The lowest BCUT2D eigenvalue weighted by molar-refractivity contribution is -0.115. The number of thioether (sulfide) groups is 1. The fourth-order valence-corrected chi connectivity index (χ4v) is 1.97. The van der Waals surface area contributed by atoms with Crippen molar-refractivity contribution in [3.05, 3.63) is 24.3 Å². The number of amides is 2. The van der Waals surface area contributed by atoms with Crippen LogP contribution >= 0.6 is 11.8 Å². The molecular weight excluding hydrogens is 252 g/mol. The zero-order valence-corrected chi connectivity index (χ0v) is 11.1. The molecule has 1 rings (SSSR count). The number of primary amides is 1. The summed E-state index contributed by atoms with van der Waals surface area (Å²) in [5, 5.41) is 1.71. The van der Waals surface area contributed by atoms with Gasteiger partial charge in [0.1, 0.15) is 5.75 Å². The third-order valence-electron chi connectivity index (χ3n) is 2.28. The minimum atomic E-state index is -0.549. The smallest absolute Gasteiger partial charge is 0.277 e. The summed E-state index contributed by atoms with van der Waals surface area (Å²) in [6.07, 6.45) is 0.537. The molecule has 0 saturated heterocycles. The summed E-state index contributed by atoms with van der Waals surface area (Å²) < 4.78 is 5.02. The molecule has 1 aromatic rings. The van der Waals surface area contributed by atoms with Crippen LogP contribution in [0.1, 0.15) is 13.3 Å². The van der Waals surface area contributed by atoms with Crippen molar-refractivity contribution in [2.75, 3.05) is 12.4 Å². The lowest BCUT2D eigenvalue weighted by atomic mass is 10.2. The number of benzene rings is 1. The maximum absolute atomic E-state index is 11.9. The summed E-state index contributed by atoms with van der Waals surface area (Å²) in [6.45, 7) is 1.83. The summed E-state index contributed by atoms with van der Waals surface area (Å²) in [7, 11) is 1.57. The number of ether oxygens (including phenoxy) is 1. The Hall–Kier alpha value is -1.69.